The fourth-order valence-electron chi connectivity index (χ4n) is 2.95. The van der Waals surface area contributed by atoms with E-state index in [2.05, 4.69) is 48.5 Å². The van der Waals surface area contributed by atoms with Crippen molar-refractivity contribution in [3.05, 3.63) is 57.6 Å². The smallest absolute Gasteiger partial charge is 0.273 e. The van der Waals surface area contributed by atoms with Crippen LogP contribution in [0.3, 0.4) is 0 Å². The van der Waals surface area contributed by atoms with Gasteiger partial charge in [-0.05, 0) is 50.6 Å². The third-order valence-electron chi connectivity index (χ3n) is 4.42. The van der Waals surface area contributed by atoms with Gasteiger partial charge in [0.1, 0.15) is 0 Å². The highest BCUT2D eigenvalue weighted by Gasteiger charge is 2.21. The zero-order valence-corrected chi connectivity index (χ0v) is 19.8. The zero-order valence-electron chi connectivity index (χ0n) is 17.4. The summed E-state index contributed by atoms with van der Waals surface area (Å²) in [5, 5.41) is 12.1. The molecule has 0 atom stereocenters. The molecule has 9 heteroatoms. The second kappa shape index (κ2) is 10.7. The summed E-state index contributed by atoms with van der Waals surface area (Å²) in [4.78, 5) is 21.7. The van der Waals surface area contributed by atoms with Gasteiger partial charge in [-0.3, -0.25) is 4.79 Å². The molecule has 2 heterocycles. The third-order valence-corrected chi connectivity index (χ3v) is 5.80. The molecule has 0 spiro atoms. The number of hydrogen-bond donors (Lipinski definition) is 1. The van der Waals surface area contributed by atoms with Crippen molar-refractivity contribution in [1.29, 1.82) is 0 Å². The number of thioether (sulfide) groups is 1. The number of unbranched alkanes of at least 4 members (excludes halogenated alkanes) is 2. The number of aryl methyl sites for hydroxylation is 2. The van der Waals surface area contributed by atoms with Crippen molar-refractivity contribution in [2.24, 2.45) is 0 Å². The van der Waals surface area contributed by atoms with Crippen molar-refractivity contribution in [3.63, 3.8) is 0 Å². The maximum absolute atomic E-state index is 12.8. The standard InChI is InChI=1S/C21H25BrN6OS/c1-4-5-6-11-23-20(29)19-18(13-30-21-24-14(2)12-15(3)25-21)28(27-26-19)17-9-7-16(22)8-10-17/h7-10,12H,4-6,11,13H2,1-3H3,(H,23,29). The van der Waals surface area contributed by atoms with Gasteiger partial charge >= 0.3 is 0 Å². The molecule has 0 unspecified atom stereocenters. The van der Waals surface area contributed by atoms with Crippen molar-refractivity contribution in [2.75, 3.05) is 6.54 Å². The predicted octanol–water partition coefficient (Wildman–Crippen LogP) is 4.65. The van der Waals surface area contributed by atoms with E-state index in [9.17, 15) is 4.79 Å². The molecule has 1 N–H and O–H groups in total. The Morgan fingerprint density at radius 1 is 1.13 bits per heavy atom. The number of carbonyl (C=O) groups is 1. The van der Waals surface area contributed by atoms with Gasteiger partial charge in [0.15, 0.2) is 10.9 Å². The third kappa shape index (κ3) is 5.89. The Morgan fingerprint density at radius 2 is 1.83 bits per heavy atom. The van der Waals surface area contributed by atoms with E-state index in [1.165, 1.54) is 11.8 Å². The molecule has 0 aliphatic carbocycles. The lowest BCUT2D eigenvalue weighted by atomic mass is 10.2. The SMILES string of the molecule is CCCCCNC(=O)c1nnn(-c2ccc(Br)cc2)c1CSc1nc(C)cc(C)n1. The highest BCUT2D eigenvalue weighted by atomic mass is 79.9. The van der Waals surface area contributed by atoms with Gasteiger partial charge in [0.2, 0.25) is 0 Å². The van der Waals surface area contributed by atoms with Crippen molar-refractivity contribution >= 4 is 33.6 Å². The summed E-state index contributed by atoms with van der Waals surface area (Å²) in [6.45, 7) is 6.66. The minimum atomic E-state index is -0.202. The van der Waals surface area contributed by atoms with Crippen LogP contribution < -0.4 is 5.32 Å². The quantitative estimate of drug-likeness (QED) is 0.268. The second-order valence-electron chi connectivity index (χ2n) is 6.96. The Labute approximate surface area is 189 Å². The molecular weight excluding hydrogens is 464 g/mol. The first-order valence-corrected chi connectivity index (χ1v) is 11.7. The summed E-state index contributed by atoms with van der Waals surface area (Å²) in [5.74, 6) is 0.273. The molecule has 3 aromatic rings. The van der Waals surface area contributed by atoms with Gasteiger partial charge in [0.25, 0.3) is 5.91 Å². The summed E-state index contributed by atoms with van der Waals surface area (Å²) in [6, 6.07) is 9.68. The normalized spacial score (nSPS) is 10.9. The van der Waals surface area contributed by atoms with Crippen LogP contribution in [0.25, 0.3) is 5.69 Å². The van der Waals surface area contributed by atoms with Gasteiger partial charge in [0.05, 0.1) is 11.4 Å². The summed E-state index contributed by atoms with van der Waals surface area (Å²) in [6.07, 6.45) is 3.13. The van der Waals surface area contributed by atoms with Gasteiger partial charge < -0.3 is 5.32 Å². The molecule has 1 amide bonds. The van der Waals surface area contributed by atoms with Crippen LogP contribution >= 0.6 is 27.7 Å². The number of nitrogens with one attached hydrogen (secondary N) is 1. The van der Waals surface area contributed by atoms with Crippen molar-refractivity contribution in [2.45, 2.75) is 50.9 Å². The number of halogens is 1. The molecule has 0 fully saturated rings. The molecule has 1 aromatic carbocycles. The van der Waals surface area contributed by atoms with E-state index in [1.807, 2.05) is 44.2 Å². The molecule has 3 rings (SSSR count). The largest absolute Gasteiger partial charge is 0.351 e. The van der Waals surface area contributed by atoms with Crippen LogP contribution in [0.5, 0.6) is 0 Å². The number of amides is 1. The topological polar surface area (TPSA) is 85.6 Å². The first kappa shape index (κ1) is 22.4. The Morgan fingerprint density at radius 3 is 2.50 bits per heavy atom. The molecule has 0 bridgehead atoms. The summed E-state index contributed by atoms with van der Waals surface area (Å²) >= 11 is 4.92. The average molecular weight is 489 g/mol. The van der Waals surface area contributed by atoms with Crippen LogP contribution in [-0.4, -0.2) is 37.4 Å². The van der Waals surface area contributed by atoms with E-state index < -0.39 is 0 Å². The highest BCUT2D eigenvalue weighted by Crippen LogP contribution is 2.24. The van der Waals surface area contributed by atoms with Crippen LogP contribution in [0.2, 0.25) is 0 Å². The minimum Gasteiger partial charge on any atom is -0.351 e. The molecular formula is C21H25BrN6OS. The molecule has 2 aromatic heterocycles. The Kier molecular flexibility index (Phi) is 7.98. The predicted molar refractivity (Wildman–Crippen MR) is 122 cm³/mol. The number of benzene rings is 1. The minimum absolute atomic E-state index is 0.202. The van der Waals surface area contributed by atoms with Crippen molar-refractivity contribution < 1.29 is 4.79 Å². The Balaban J connectivity index is 1.87. The van der Waals surface area contributed by atoms with Crippen LogP contribution in [0.4, 0.5) is 0 Å². The number of aromatic nitrogens is 5. The molecule has 0 saturated carbocycles. The lowest BCUT2D eigenvalue weighted by molar-refractivity contribution is 0.0947. The lowest BCUT2D eigenvalue weighted by Gasteiger charge is -2.09. The number of rotatable bonds is 9. The average Bonchev–Trinajstić information content (AvgIpc) is 3.13. The van der Waals surface area contributed by atoms with E-state index in [0.29, 0.717) is 23.1 Å². The number of nitrogens with zero attached hydrogens (tertiary/aromatic N) is 5. The Hall–Kier alpha value is -2.26. The molecule has 0 saturated heterocycles. The monoisotopic (exact) mass is 488 g/mol. The van der Waals surface area contributed by atoms with Crippen LogP contribution in [0.1, 0.15) is 53.8 Å². The summed E-state index contributed by atoms with van der Waals surface area (Å²) in [7, 11) is 0. The molecule has 158 valence electrons. The highest BCUT2D eigenvalue weighted by molar-refractivity contribution is 9.10. The van der Waals surface area contributed by atoms with E-state index in [4.69, 9.17) is 0 Å². The molecule has 0 aliphatic rings. The maximum Gasteiger partial charge on any atom is 0.273 e. The fraction of sp³-hybridized carbons (Fsp3) is 0.381. The van der Waals surface area contributed by atoms with E-state index in [1.54, 1.807) is 4.68 Å². The number of carbonyl (C=O) groups excluding carboxylic acids is 1. The van der Waals surface area contributed by atoms with E-state index in [-0.39, 0.29) is 5.91 Å². The van der Waals surface area contributed by atoms with Gasteiger partial charge in [-0.2, -0.15) is 0 Å². The molecule has 0 aliphatic heterocycles. The maximum atomic E-state index is 12.8. The van der Waals surface area contributed by atoms with Gasteiger partial charge in [-0.1, -0.05) is 52.7 Å². The van der Waals surface area contributed by atoms with Gasteiger partial charge in [-0.25, -0.2) is 14.6 Å². The lowest BCUT2D eigenvalue weighted by Crippen LogP contribution is -2.26. The van der Waals surface area contributed by atoms with E-state index >= 15 is 0 Å². The van der Waals surface area contributed by atoms with Crippen molar-refractivity contribution in [1.82, 2.24) is 30.3 Å². The molecule has 0 radical (unpaired) electrons. The fourth-order valence-corrected chi connectivity index (χ4v) is 4.16. The van der Waals surface area contributed by atoms with E-state index in [0.717, 1.165) is 46.5 Å². The van der Waals surface area contributed by atoms with Crippen LogP contribution in [0, 0.1) is 13.8 Å². The van der Waals surface area contributed by atoms with Crippen LogP contribution in [-0.2, 0) is 5.75 Å². The summed E-state index contributed by atoms with van der Waals surface area (Å²) in [5.41, 5.74) is 3.73. The summed E-state index contributed by atoms with van der Waals surface area (Å²) < 4.78 is 2.68. The van der Waals surface area contributed by atoms with Gasteiger partial charge in [0, 0.05) is 28.2 Å². The second-order valence-corrected chi connectivity index (χ2v) is 8.82. The van der Waals surface area contributed by atoms with Crippen LogP contribution in [0.15, 0.2) is 40.0 Å². The Bertz CT molecular complexity index is 985. The molecule has 30 heavy (non-hydrogen) atoms. The first-order valence-electron chi connectivity index (χ1n) is 9.91. The molecule has 7 nitrogen and oxygen atoms in total. The zero-order chi connectivity index (χ0) is 21.5. The first-order chi connectivity index (χ1) is 14.5. The van der Waals surface area contributed by atoms with Crippen molar-refractivity contribution in [3.8, 4) is 5.69 Å². The van der Waals surface area contributed by atoms with Gasteiger partial charge in [-0.15, -0.1) is 5.10 Å². The number of hydrogen-bond acceptors (Lipinski definition) is 6.